The highest BCUT2D eigenvalue weighted by molar-refractivity contribution is 5.98. The van der Waals surface area contributed by atoms with Crippen LogP contribution in [0.3, 0.4) is 0 Å². The summed E-state index contributed by atoms with van der Waals surface area (Å²) < 4.78 is 0. The van der Waals surface area contributed by atoms with E-state index in [2.05, 4.69) is 55.9 Å². The lowest BCUT2D eigenvalue weighted by molar-refractivity contribution is 0.0910. The standard InChI is InChI=1S/C18H20N2O/c1-11-5-12(2)7-13(6-11)17-19-10-14-15(20-17)8-18(3,4)9-16(14)21/h5-7,10H,8-9H2,1-4H3. The Morgan fingerprint density at radius 3 is 2.38 bits per heavy atom. The van der Waals surface area contributed by atoms with Gasteiger partial charge in [0.05, 0.1) is 11.3 Å². The third kappa shape index (κ3) is 2.73. The van der Waals surface area contributed by atoms with Crippen LogP contribution in [0.15, 0.2) is 24.4 Å². The maximum atomic E-state index is 12.2. The Bertz CT molecular complexity index is 712. The Morgan fingerprint density at radius 1 is 1.05 bits per heavy atom. The van der Waals surface area contributed by atoms with Crippen LogP contribution in [0.25, 0.3) is 11.4 Å². The van der Waals surface area contributed by atoms with E-state index >= 15 is 0 Å². The number of nitrogens with zero attached hydrogens (tertiary/aromatic N) is 2. The molecule has 0 unspecified atom stereocenters. The van der Waals surface area contributed by atoms with Gasteiger partial charge < -0.3 is 0 Å². The molecule has 3 heteroatoms. The van der Waals surface area contributed by atoms with Crippen LogP contribution in [0.1, 0.15) is 47.4 Å². The molecule has 0 saturated carbocycles. The van der Waals surface area contributed by atoms with Crippen molar-refractivity contribution in [3.63, 3.8) is 0 Å². The van der Waals surface area contributed by atoms with Crippen molar-refractivity contribution < 1.29 is 4.79 Å². The normalized spacial score (nSPS) is 16.7. The fraction of sp³-hybridized carbons (Fsp3) is 0.389. The molecular weight excluding hydrogens is 260 g/mol. The van der Waals surface area contributed by atoms with Gasteiger partial charge in [0.15, 0.2) is 11.6 Å². The molecule has 0 fully saturated rings. The van der Waals surface area contributed by atoms with Crippen molar-refractivity contribution in [1.29, 1.82) is 0 Å². The number of carbonyl (C=O) groups excluding carboxylic acids is 1. The van der Waals surface area contributed by atoms with Crippen molar-refractivity contribution in [3.05, 3.63) is 46.8 Å². The van der Waals surface area contributed by atoms with E-state index in [1.807, 2.05) is 0 Å². The number of aryl methyl sites for hydroxylation is 2. The predicted octanol–water partition coefficient (Wildman–Crippen LogP) is 3.92. The monoisotopic (exact) mass is 280 g/mol. The highest BCUT2D eigenvalue weighted by Gasteiger charge is 2.32. The number of rotatable bonds is 1. The first-order valence-electron chi connectivity index (χ1n) is 7.32. The molecule has 0 radical (unpaired) electrons. The van der Waals surface area contributed by atoms with Crippen molar-refractivity contribution in [2.24, 2.45) is 5.41 Å². The van der Waals surface area contributed by atoms with E-state index in [0.29, 0.717) is 17.8 Å². The first-order chi connectivity index (χ1) is 9.84. The van der Waals surface area contributed by atoms with Gasteiger partial charge in [0.2, 0.25) is 0 Å². The summed E-state index contributed by atoms with van der Waals surface area (Å²) in [5.41, 5.74) is 4.98. The molecule has 1 heterocycles. The van der Waals surface area contributed by atoms with Crippen LogP contribution in [-0.2, 0) is 6.42 Å². The predicted molar refractivity (Wildman–Crippen MR) is 83.4 cm³/mol. The molecule has 1 aromatic carbocycles. The fourth-order valence-corrected chi connectivity index (χ4v) is 3.07. The van der Waals surface area contributed by atoms with E-state index in [9.17, 15) is 4.79 Å². The van der Waals surface area contributed by atoms with E-state index in [-0.39, 0.29) is 11.2 Å². The van der Waals surface area contributed by atoms with Gasteiger partial charge in [-0.3, -0.25) is 4.79 Å². The van der Waals surface area contributed by atoms with Gasteiger partial charge in [-0.25, -0.2) is 9.97 Å². The third-order valence-electron chi connectivity index (χ3n) is 3.93. The van der Waals surface area contributed by atoms with Crippen molar-refractivity contribution >= 4 is 5.78 Å². The minimum atomic E-state index is -0.0156. The number of hydrogen-bond acceptors (Lipinski definition) is 3. The number of Topliss-reactive ketones (excluding diaryl/α,β-unsaturated/α-hetero) is 1. The molecule has 0 aliphatic heterocycles. The summed E-state index contributed by atoms with van der Waals surface area (Å²) in [4.78, 5) is 21.3. The maximum Gasteiger partial charge on any atom is 0.166 e. The van der Waals surface area contributed by atoms with E-state index < -0.39 is 0 Å². The number of aromatic nitrogens is 2. The zero-order valence-corrected chi connectivity index (χ0v) is 13.0. The molecule has 3 nitrogen and oxygen atoms in total. The molecule has 0 saturated heterocycles. The molecule has 0 bridgehead atoms. The van der Waals surface area contributed by atoms with Gasteiger partial charge in [-0.05, 0) is 37.8 Å². The van der Waals surface area contributed by atoms with Crippen LogP contribution in [0.2, 0.25) is 0 Å². The second-order valence-electron chi connectivity index (χ2n) is 6.87. The Morgan fingerprint density at radius 2 is 1.71 bits per heavy atom. The Hall–Kier alpha value is -2.03. The molecular formula is C18H20N2O. The second kappa shape index (κ2) is 4.76. The molecule has 1 aliphatic carbocycles. The summed E-state index contributed by atoms with van der Waals surface area (Å²) in [6, 6.07) is 6.31. The zero-order valence-electron chi connectivity index (χ0n) is 13.0. The lowest BCUT2D eigenvalue weighted by Gasteiger charge is -2.29. The highest BCUT2D eigenvalue weighted by Crippen LogP contribution is 2.34. The molecule has 1 aliphatic rings. The lowest BCUT2D eigenvalue weighted by atomic mass is 9.76. The molecule has 21 heavy (non-hydrogen) atoms. The van der Waals surface area contributed by atoms with E-state index in [0.717, 1.165) is 17.7 Å². The molecule has 3 rings (SSSR count). The van der Waals surface area contributed by atoms with E-state index in [4.69, 9.17) is 0 Å². The van der Waals surface area contributed by atoms with Gasteiger partial charge in [0.1, 0.15) is 0 Å². The average Bonchev–Trinajstić information content (AvgIpc) is 2.35. The molecule has 0 atom stereocenters. The lowest BCUT2D eigenvalue weighted by Crippen LogP contribution is -2.28. The van der Waals surface area contributed by atoms with Crippen molar-refractivity contribution in [2.75, 3.05) is 0 Å². The summed E-state index contributed by atoms with van der Waals surface area (Å²) in [5.74, 6) is 0.874. The van der Waals surface area contributed by atoms with Gasteiger partial charge >= 0.3 is 0 Å². The number of ketones is 1. The Labute approximate surface area is 125 Å². The minimum absolute atomic E-state index is 0.0156. The summed E-state index contributed by atoms with van der Waals surface area (Å²) in [5, 5.41) is 0. The molecule has 0 N–H and O–H groups in total. The number of benzene rings is 1. The summed E-state index contributed by atoms with van der Waals surface area (Å²) >= 11 is 0. The van der Waals surface area contributed by atoms with Crippen LogP contribution in [0.4, 0.5) is 0 Å². The first kappa shape index (κ1) is 13.9. The largest absolute Gasteiger partial charge is 0.294 e. The summed E-state index contributed by atoms with van der Waals surface area (Å²) in [6.45, 7) is 8.38. The number of hydrogen-bond donors (Lipinski definition) is 0. The highest BCUT2D eigenvalue weighted by atomic mass is 16.1. The van der Waals surface area contributed by atoms with Crippen LogP contribution in [0, 0.1) is 19.3 Å². The molecule has 0 amide bonds. The maximum absolute atomic E-state index is 12.2. The van der Waals surface area contributed by atoms with Crippen molar-refractivity contribution in [1.82, 2.24) is 9.97 Å². The van der Waals surface area contributed by atoms with Crippen LogP contribution < -0.4 is 0 Å². The van der Waals surface area contributed by atoms with Gasteiger partial charge in [0.25, 0.3) is 0 Å². The van der Waals surface area contributed by atoms with E-state index in [1.165, 1.54) is 11.1 Å². The minimum Gasteiger partial charge on any atom is -0.294 e. The Balaban J connectivity index is 2.09. The summed E-state index contributed by atoms with van der Waals surface area (Å²) in [6.07, 6.45) is 3.10. The van der Waals surface area contributed by atoms with Crippen molar-refractivity contribution in [2.45, 2.75) is 40.5 Å². The SMILES string of the molecule is Cc1cc(C)cc(-c2ncc3c(n2)CC(C)(C)CC3=O)c1. The van der Waals surface area contributed by atoms with Gasteiger partial charge in [-0.15, -0.1) is 0 Å². The van der Waals surface area contributed by atoms with Crippen LogP contribution >= 0.6 is 0 Å². The molecule has 0 spiro atoms. The van der Waals surface area contributed by atoms with Gasteiger partial charge in [0, 0.05) is 18.2 Å². The van der Waals surface area contributed by atoms with Gasteiger partial charge in [-0.2, -0.15) is 0 Å². The summed E-state index contributed by atoms with van der Waals surface area (Å²) in [7, 11) is 0. The molecule has 2 aromatic rings. The second-order valence-corrected chi connectivity index (χ2v) is 6.87. The molecule has 1 aromatic heterocycles. The van der Waals surface area contributed by atoms with E-state index in [1.54, 1.807) is 6.20 Å². The van der Waals surface area contributed by atoms with Crippen molar-refractivity contribution in [3.8, 4) is 11.4 Å². The van der Waals surface area contributed by atoms with Crippen LogP contribution in [0.5, 0.6) is 0 Å². The Kier molecular flexibility index (Phi) is 3.16. The smallest absolute Gasteiger partial charge is 0.166 e. The number of fused-ring (bicyclic) bond motifs is 1. The first-order valence-corrected chi connectivity index (χ1v) is 7.32. The topological polar surface area (TPSA) is 42.9 Å². The van der Waals surface area contributed by atoms with Crippen LogP contribution in [-0.4, -0.2) is 15.8 Å². The molecule has 108 valence electrons. The fourth-order valence-electron chi connectivity index (χ4n) is 3.07. The number of carbonyl (C=O) groups is 1. The third-order valence-corrected chi connectivity index (χ3v) is 3.93. The average molecular weight is 280 g/mol. The quantitative estimate of drug-likeness (QED) is 0.795. The van der Waals surface area contributed by atoms with Gasteiger partial charge in [-0.1, -0.05) is 31.0 Å². The zero-order chi connectivity index (χ0) is 15.2.